The zero-order chi connectivity index (χ0) is 20.4. The van der Waals surface area contributed by atoms with E-state index in [4.69, 9.17) is 9.47 Å². The topological polar surface area (TPSA) is 75.2 Å². The Balaban J connectivity index is 1.80. The molecule has 0 aliphatic carbocycles. The molecular formula is C21H28N4O3. The van der Waals surface area contributed by atoms with Crippen LogP contribution in [0.2, 0.25) is 0 Å². The molecule has 0 aliphatic heterocycles. The zero-order valence-corrected chi connectivity index (χ0v) is 16.9. The van der Waals surface area contributed by atoms with Crippen LogP contribution in [0.5, 0.6) is 11.5 Å². The van der Waals surface area contributed by atoms with Crippen LogP contribution in [-0.2, 0) is 6.54 Å². The fraction of sp³-hybridized carbons (Fsp3) is 0.333. The Labute approximate surface area is 166 Å². The minimum atomic E-state index is -0.123. The van der Waals surface area contributed by atoms with E-state index in [1.165, 1.54) is 0 Å². The lowest BCUT2D eigenvalue weighted by molar-refractivity contribution is 0.0954. The molecule has 0 bridgehead atoms. The summed E-state index contributed by atoms with van der Waals surface area (Å²) in [5.41, 5.74) is 1.67. The molecule has 2 N–H and O–H groups in total. The third kappa shape index (κ3) is 5.90. The molecule has 0 saturated carbocycles. The second-order valence-corrected chi connectivity index (χ2v) is 6.13. The van der Waals surface area contributed by atoms with E-state index in [2.05, 4.69) is 15.6 Å². The first-order valence-electron chi connectivity index (χ1n) is 9.05. The number of hydrogen-bond acceptors (Lipinski definition) is 4. The highest BCUT2D eigenvalue weighted by Gasteiger charge is 2.10. The average molecular weight is 384 g/mol. The molecule has 0 heterocycles. The monoisotopic (exact) mass is 384 g/mol. The first kappa shape index (κ1) is 21.1. The highest BCUT2D eigenvalue weighted by molar-refractivity contribution is 5.94. The Bertz CT molecular complexity index is 790. The molecule has 0 radical (unpaired) electrons. The van der Waals surface area contributed by atoms with Gasteiger partial charge in [0.05, 0.1) is 14.2 Å². The molecule has 7 nitrogen and oxygen atoms in total. The van der Waals surface area contributed by atoms with E-state index in [0.717, 1.165) is 23.0 Å². The third-order valence-corrected chi connectivity index (χ3v) is 4.22. The van der Waals surface area contributed by atoms with Gasteiger partial charge in [-0.2, -0.15) is 0 Å². The molecule has 1 amide bonds. The lowest BCUT2D eigenvalue weighted by Crippen LogP contribution is -2.42. The first-order chi connectivity index (χ1) is 13.6. The minimum absolute atomic E-state index is 0.123. The standard InChI is InChI=1S/C21H28N4O3/c1-22-21(25(2)15-17-7-5-6-8-19(17)28-4)24-14-13-23-20(26)16-9-11-18(27-3)12-10-16/h5-12H,13-15H2,1-4H3,(H,22,24)(H,23,26). The normalized spacial score (nSPS) is 10.9. The van der Waals surface area contributed by atoms with Crippen LogP contribution in [0.3, 0.4) is 0 Å². The summed E-state index contributed by atoms with van der Waals surface area (Å²) in [5, 5.41) is 6.14. The van der Waals surface area contributed by atoms with Crippen LogP contribution in [0.15, 0.2) is 53.5 Å². The molecular weight excluding hydrogens is 356 g/mol. The molecule has 0 aromatic heterocycles. The number of carbonyl (C=O) groups is 1. The summed E-state index contributed by atoms with van der Waals surface area (Å²) >= 11 is 0. The van der Waals surface area contributed by atoms with E-state index in [-0.39, 0.29) is 5.91 Å². The molecule has 0 spiro atoms. The summed E-state index contributed by atoms with van der Waals surface area (Å²) in [6, 6.07) is 14.9. The van der Waals surface area contributed by atoms with Crippen molar-refractivity contribution in [3.63, 3.8) is 0 Å². The number of methoxy groups -OCH3 is 2. The number of rotatable bonds is 8. The molecule has 0 fully saturated rings. The maximum atomic E-state index is 12.2. The van der Waals surface area contributed by atoms with E-state index < -0.39 is 0 Å². The number of para-hydroxylation sites is 1. The van der Waals surface area contributed by atoms with Gasteiger partial charge in [-0.3, -0.25) is 9.79 Å². The van der Waals surface area contributed by atoms with Crippen molar-refractivity contribution < 1.29 is 14.3 Å². The number of ether oxygens (including phenoxy) is 2. The Morgan fingerprint density at radius 2 is 1.68 bits per heavy atom. The average Bonchev–Trinajstić information content (AvgIpc) is 2.74. The number of amides is 1. The molecule has 28 heavy (non-hydrogen) atoms. The van der Waals surface area contributed by atoms with E-state index in [9.17, 15) is 4.79 Å². The lowest BCUT2D eigenvalue weighted by atomic mass is 10.2. The maximum Gasteiger partial charge on any atom is 0.251 e. The maximum absolute atomic E-state index is 12.2. The Morgan fingerprint density at radius 3 is 2.32 bits per heavy atom. The summed E-state index contributed by atoms with van der Waals surface area (Å²) in [6.07, 6.45) is 0. The SMILES string of the molecule is CN=C(NCCNC(=O)c1ccc(OC)cc1)N(C)Cc1ccccc1OC. The predicted octanol–water partition coefficient (Wildman–Crippen LogP) is 2.14. The van der Waals surface area contributed by atoms with Gasteiger partial charge in [-0.25, -0.2) is 0 Å². The molecule has 0 saturated heterocycles. The number of nitrogens with zero attached hydrogens (tertiary/aromatic N) is 2. The van der Waals surface area contributed by atoms with Crippen LogP contribution in [0.4, 0.5) is 0 Å². The third-order valence-electron chi connectivity index (χ3n) is 4.22. The lowest BCUT2D eigenvalue weighted by Gasteiger charge is -2.23. The molecule has 7 heteroatoms. The Hall–Kier alpha value is -3.22. The quantitative estimate of drug-likeness (QED) is 0.414. The summed E-state index contributed by atoms with van der Waals surface area (Å²) in [5.74, 6) is 2.18. The van der Waals surface area contributed by atoms with Crippen LogP contribution in [0.1, 0.15) is 15.9 Å². The number of aliphatic imine (C=N–C) groups is 1. The summed E-state index contributed by atoms with van der Waals surface area (Å²) < 4.78 is 10.5. The summed E-state index contributed by atoms with van der Waals surface area (Å²) in [7, 11) is 6.95. The van der Waals surface area contributed by atoms with E-state index in [0.29, 0.717) is 25.2 Å². The summed E-state index contributed by atoms with van der Waals surface area (Å²) in [6.45, 7) is 1.69. The molecule has 0 aliphatic rings. The Morgan fingerprint density at radius 1 is 1.00 bits per heavy atom. The van der Waals surface area contributed by atoms with Crippen molar-refractivity contribution in [1.82, 2.24) is 15.5 Å². The molecule has 150 valence electrons. The number of hydrogen-bond donors (Lipinski definition) is 2. The molecule has 2 aromatic rings. The molecule has 2 aromatic carbocycles. The van der Waals surface area contributed by atoms with Gasteiger partial charge < -0.3 is 25.0 Å². The highest BCUT2D eigenvalue weighted by atomic mass is 16.5. The van der Waals surface area contributed by atoms with Crippen LogP contribution >= 0.6 is 0 Å². The largest absolute Gasteiger partial charge is 0.497 e. The van der Waals surface area contributed by atoms with Crippen molar-refractivity contribution in [3.05, 3.63) is 59.7 Å². The van der Waals surface area contributed by atoms with Gasteiger partial charge in [-0.1, -0.05) is 18.2 Å². The van der Waals surface area contributed by atoms with Gasteiger partial charge in [0.2, 0.25) is 0 Å². The second kappa shape index (κ2) is 10.8. The van der Waals surface area contributed by atoms with Crippen molar-refractivity contribution in [2.24, 2.45) is 4.99 Å². The molecule has 2 rings (SSSR count). The van der Waals surface area contributed by atoms with Gasteiger partial charge in [0.15, 0.2) is 5.96 Å². The highest BCUT2D eigenvalue weighted by Crippen LogP contribution is 2.18. The van der Waals surface area contributed by atoms with E-state index in [1.54, 1.807) is 45.5 Å². The summed E-state index contributed by atoms with van der Waals surface area (Å²) in [4.78, 5) is 18.5. The van der Waals surface area contributed by atoms with Crippen molar-refractivity contribution in [2.75, 3.05) is 41.4 Å². The minimum Gasteiger partial charge on any atom is -0.497 e. The van der Waals surface area contributed by atoms with Gasteiger partial charge in [0.1, 0.15) is 11.5 Å². The van der Waals surface area contributed by atoms with Crippen LogP contribution in [0.25, 0.3) is 0 Å². The van der Waals surface area contributed by atoms with Crippen LogP contribution in [0, 0.1) is 0 Å². The number of nitrogens with one attached hydrogen (secondary N) is 2. The molecule has 0 unspecified atom stereocenters. The zero-order valence-electron chi connectivity index (χ0n) is 16.9. The first-order valence-corrected chi connectivity index (χ1v) is 9.05. The van der Waals surface area contributed by atoms with Gasteiger partial charge in [0.25, 0.3) is 5.91 Å². The van der Waals surface area contributed by atoms with Gasteiger partial charge >= 0.3 is 0 Å². The van der Waals surface area contributed by atoms with E-state index >= 15 is 0 Å². The molecule has 0 atom stereocenters. The predicted molar refractivity (Wildman–Crippen MR) is 111 cm³/mol. The Kier molecular flexibility index (Phi) is 8.14. The van der Waals surface area contributed by atoms with Crippen LogP contribution in [-0.4, -0.2) is 58.2 Å². The van der Waals surface area contributed by atoms with Crippen molar-refractivity contribution in [1.29, 1.82) is 0 Å². The van der Waals surface area contributed by atoms with Crippen molar-refractivity contribution in [2.45, 2.75) is 6.54 Å². The van der Waals surface area contributed by atoms with Crippen molar-refractivity contribution in [3.8, 4) is 11.5 Å². The smallest absolute Gasteiger partial charge is 0.251 e. The van der Waals surface area contributed by atoms with E-state index in [1.807, 2.05) is 36.2 Å². The number of carbonyl (C=O) groups excluding carboxylic acids is 1. The number of benzene rings is 2. The van der Waals surface area contributed by atoms with Crippen LogP contribution < -0.4 is 20.1 Å². The van der Waals surface area contributed by atoms with Crippen molar-refractivity contribution >= 4 is 11.9 Å². The van der Waals surface area contributed by atoms with Gasteiger partial charge in [-0.05, 0) is 30.3 Å². The van der Waals surface area contributed by atoms with Gasteiger partial charge in [0, 0.05) is 44.9 Å². The number of guanidine groups is 1. The second-order valence-electron chi connectivity index (χ2n) is 6.13. The van der Waals surface area contributed by atoms with Gasteiger partial charge in [-0.15, -0.1) is 0 Å². The fourth-order valence-corrected chi connectivity index (χ4v) is 2.74. The fourth-order valence-electron chi connectivity index (χ4n) is 2.74.